The van der Waals surface area contributed by atoms with Crippen molar-refractivity contribution in [1.82, 2.24) is 5.32 Å². The van der Waals surface area contributed by atoms with E-state index in [0.717, 1.165) is 39.8 Å². The largest absolute Gasteiger partial charge is 0.492 e. The summed E-state index contributed by atoms with van der Waals surface area (Å²) in [4.78, 5) is 0. The molecular formula is C16H23Br2NO2. The summed E-state index contributed by atoms with van der Waals surface area (Å²) in [5.41, 5.74) is 1.15. The lowest BCUT2D eigenvalue weighted by molar-refractivity contribution is 0.192. The first-order valence-electron chi connectivity index (χ1n) is 7.58. The Morgan fingerprint density at radius 1 is 1.29 bits per heavy atom. The predicted octanol–water partition coefficient (Wildman–Crippen LogP) is 4.11. The molecule has 1 aliphatic carbocycles. The van der Waals surface area contributed by atoms with Crippen molar-refractivity contribution in [3.63, 3.8) is 0 Å². The molecule has 0 heterocycles. The molecule has 1 aliphatic rings. The first-order chi connectivity index (χ1) is 10.2. The molecule has 2 unspecified atom stereocenters. The Kier molecular flexibility index (Phi) is 6.99. The number of aliphatic hydroxyl groups is 1. The van der Waals surface area contributed by atoms with Gasteiger partial charge in [-0.05, 0) is 66.2 Å². The molecule has 0 bridgehead atoms. The van der Waals surface area contributed by atoms with E-state index in [0.29, 0.717) is 25.0 Å². The molecule has 0 aliphatic heterocycles. The minimum Gasteiger partial charge on any atom is -0.492 e. The number of nitrogens with one attached hydrogen (secondary N) is 1. The van der Waals surface area contributed by atoms with Crippen LogP contribution in [0.1, 0.15) is 31.7 Å². The predicted molar refractivity (Wildman–Crippen MR) is 92.6 cm³/mol. The molecule has 0 aromatic heterocycles. The fourth-order valence-corrected chi connectivity index (χ4v) is 4.49. The molecule has 0 spiro atoms. The number of hydrogen-bond acceptors (Lipinski definition) is 3. The zero-order valence-corrected chi connectivity index (χ0v) is 15.5. The highest BCUT2D eigenvalue weighted by molar-refractivity contribution is 9.11. The first kappa shape index (κ1) is 17.3. The van der Waals surface area contributed by atoms with E-state index in [2.05, 4.69) is 43.2 Å². The summed E-state index contributed by atoms with van der Waals surface area (Å²) in [5.74, 6) is 1.98. The molecule has 1 aromatic carbocycles. The lowest BCUT2D eigenvalue weighted by Crippen LogP contribution is -2.26. The van der Waals surface area contributed by atoms with Crippen LogP contribution in [0.15, 0.2) is 21.1 Å². The highest BCUT2D eigenvalue weighted by atomic mass is 79.9. The second-order valence-electron chi connectivity index (χ2n) is 5.57. The number of rotatable bonds is 7. The third-order valence-electron chi connectivity index (χ3n) is 4.15. The van der Waals surface area contributed by atoms with Gasteiger partial charge < -0.3 is 15.2 Å². The van der Waals surface area contributed by atoms with Crippen LogP contribution in [0.4, 0.5) is 0 Å². The molecule has 1 fully saturated rings. The van der Waals surface area contributed by atoms with Crippen molar-refractivity contribution in [1.29, 1.82) is 0 Å². The van der Waals surface area contributed by atoms with Gasteiger partial charge in [0.1, 0.15) is 5.75 Å². The molecule has 5 heteroatoms. The highest BCUT2D eigenvalue weighted by Gasteiger charge is 2.26. The summed E-state index contributed by atoms with van der Waals surface area (Å²) in [6.07, 6.45) is 3.62. The SMILES string of the molecule is CCOc1c(Br)cc(Br)cc1CNCC1CCCC1CO. The van der Waals surface area contributed by atoms with Crippen molar-refractivity contribution < 1.29 is 9.84 Å². The smallest absolute Gasteiger partial charge is 0.138 e. The van der Waals surface area contributed by atoms with Gasteiger partial charge in [-0.15, -0.1) is 0 Å². The van der Waals surface area contributed by atoms with Crippen LogP contribution in [0.25, 0.3) is 0 Å². The maximum absolute atomic E-state index is 9.38. The third-order valence-corrected chi connectivity index (χ3v) is 5.19. The second-order valence-corrected chi connectivity index (χ2v) is 7.34. The topological polar surface area (TPSA) is 41.5 Å². The number of hydrogen-bond donors (Lipinski definition) is 2. The summed E-state index contributed by atoms with van der Waals surface area (Å²) in [6, 6.07) is 4.11. The molecule has 2 rings (SSSR count). The number of benzene rings is 1. The van der Waals surface area contributed by atoms with Crippen molar-refractivity contribution >= 4 is 31.9 Å². The van der Waals surface area contributed by atoms with Crippen LogP contribution in [-0.2, 0) is 6.54 Å². The fourth-order valence-electron chi connectivity index (χ4n) is 3.07. The van der Waals surface area contributed by atoms with Crippen LogP contribution in [0.5, 0.6) is 5.75 Å². The Morgan fingerprint density at radius 3 is 2.76 bits per heavy atom. The molecule has 0 saturated heterocycles. The minimum atomic E-state index is 0.318. The molecule has 0 amide bonds. The summed E-state index contributed by atoms with van der Waals surface area (Å²) in [5, 5.41) is 12.9. The first-order valence-corrected chi connectivity index (χ1v) is 9.16. The lowest BCUT2D eigenvalue weighted by Gasteiger charge is -2.19. The molecular weight excluding hydrogens is 398 g/mol. The Labute approximate surface area is 143 Å². The Morgan fingerprint density at radius 2 is 2.05 bits per heavy atom. The zero-order chi connectivity index (χ0) is 15.2. The maximum Gasteiger partial charge on any atom is 0.138 e. The zero-order valence-electron chi connectivity index (χ0n) is 12.4. The van der Waals surface area contributed by atoms with E-state index in [4.69, 9.17) is 4.74 Å². The highest BCUT2D eigenvalue weighted by Crippen LogP contribution is 2.34. The minimum absolute atomic E-state index is 0.318. The second kappa shape index (κ2) is 8.51. The van der Waals surface area contributed by atoms with Gasteiger partial charge in [0.05, 0.1) is 11.1 Å². The molecule has 2 N–H and O–H groups in total. The molecule has 1 saturated carbocycles. The van der Waals surface area contributed by atoms with Gasteiger partial charge >= 0.3 is 0 Å². The van der Waals surface area contributed by atoms with E-state index in [1.165, 1.54) is 12.8 Å². The van der Waals surface area contributed by atoms with Crippen LogP contribution >= 0.6 is 31.9 Å². The maximum atomic E-state index is 9.38. The average molecular weight is 421 g/mol. The van der Waals surface area contributed by atoms with E-state index in [1.807, 2.05) is 13.0 Å². The molecule has 118 valence electrons. The van der Waals surface area contributed by atoms with E-state index in [-0.39, 0.29) is 0 Å². The summed E-state index contributed by atoms with van der Waals surface area (Å²) in [6.45, 7) is 4.71. The number of ether oxygens (including phenoxy) is 1. The van der Waals surface area contributed by atoms with E-state index >= 15 is 0 Å². The van der Waals surface area contributed by atoms with Gasteiger partial charge in [-0.25, -0.2) is 0 Å². The van der Waals surface area contributed by atoms with E-state index in [9.17, 15) is 5.11 Å². The summed E-state index contributed by atoms with van der Waals surface area (Å²) < 4.78 is 7.76. The Hall–Kier alpha value is -0.100. The molecule has 21 heavy (non-hydrogen) atoms. The van der Waals surface area contributed by atoms with E-state index < -0.39 is 0 Å². The van der Waals surface area contributed by atoms with E-state index in [1.54, 1.807) is 0 Å². The van der Waals surface area contributed by atoms with Crippen LogP contribution in [0.3, 0.4) is 0 Å². The fraction of sp³-hybridized carbons (Fsp3) is 0.625. The van der Waals surface area contributed by atoms with Crippen LogP contribution < -0.4 is 10.1 Å². The van der Waals surface area contributed by atoms with Gasteiger partial charge in [-0.2, -0.15) is 0 Å². The monoisotopic (exact) mass is 419 g/mol. The van der Waals surface area contributed by atoms with Gasteiger partial charge in [0, 0.05) is 23.2 Å². The summed E-state index contributed by atoms with van der Waals surface area (Å²) >= 11 is 7.09. The Bertz CT molecular complexity index is 468. The molecule has 3 nitrogen and oxygen atoms in total. The Balaban J connectivity index is 1.96. The third kappa shape index (κ3) is 4.68. The average Bonchev–Trinajstić information content (AvgIpc) is 2.90. The summed E-state index contributed by atoms with van der Waals surface area (Å²) in [7, 11) is 0. The number of aliphatic hydroxyl groups excluding tert-OH is 1. The van der Waals surface area contributed by atoms with Gasteiger partial charge in [-0.3, -0.25) is 0 Å². The standard InChI is InChI=1S/C16H23Br2NO2/c1-2-21-16-13(6-14(17)7-15(16)18)9-19-8-11-4-3-5-12(11)10-20/h6-7,11-12,19-20H,2-5,8-10H2,1H3. The van der Waals surface area contributed by atoms with Crippen LogP contribution in [-0.4, -0.2) is 24.9 Å². The normalized spacial score (nSPS) is 21.7. The quantitative estimate of drug-likeness (QED) is 0.697. The number of halogens is 2. The van der Waals surface area contributed by atoms with Crippen molar-refractivity contribution in [2.75, 3.05) is 19.8 Å². The van der Waals surface area contributed by atoms with Crippen molar-refractivity contribution in [3.05, 3.63) is 26.6 Å². The van der Waals surface area contributed by atoms with Crippen molar-refractivity contribution in [2.45, 2.75) is 32.7 Å². The lowest BCUT2D eigenvalue weighted by atomic mass is 9.97. The van der Waals surface area contributed by atoms with Crippen molar-refractivity contribution in [2.24, 2.45) is 11.8 Å². The van der Waals surface area contributed by atoms with Crippen LogP contribution in [0, 0.1) is 11.8 Å². The molecule has 1 aromatic rings. The van der Waals surface area contributed by atoms with Gasteiger partial charge in [0.25, 0.3) is 0 Å². The molecule has 0 radical (unpaired) electrons. The van der Waals surface area contributed by atoms with Gasteiger partial charge in [0.15, 0.2) is 0 Å². The van der Waals surface area contributed by atoms with Crippen LogP contribution in [0.2, 0.25) is 0 Å². The van der Waals surface area contributed by atoms with Gasteiger partial charge in [0.2, 0.25) is 0 Å². The van der Waals surface area contributed by atoms with Crippen molar-refractivity contribution in [3.8, 4) is 5.75 Å². The van der Waals surface area contributed by atoms with Gasteiger partial charge in [-0.1, -0.05) is 22.4 Å². The molecule has 2 atom stereocenters.